The maximum atomic E-state index is 5.38. The van der Waals surface area contributed by atoms with Crippen LogP contribution in [0.3, 0.4) is 0 Å². The largest absolute Gasteiger partial charge is 0.382 e. The highest BCUT2D eigenvalue weighted by Crippen LogP contribution is 2.09. The van der Waals surface area contributed by atoms with E-state index in [2.05, 4.69) is 50.1 Å². The fourth-order valence-corrected chi connectivity index (χ4v) is 2.03. The van der Waals surface area contributed by atoms with Crippen LogP contribution < -0.4 is 0 Å². The van der Waals surface area contributed by atoms with Gasteiger partial charge in [0, 0.05) is 25.8 Å². The highest BCUT2D eigenvalue weighted by Gasteiger charge is 2.03. The standard InChI is InChI=1S/C17H29NO/c1-5-19-13-7-10-16-8-6-9-17(14-16)11-12-18(4)15(2)3/h6,8-9,14-15H,5,7,10-13H2,1-4H3. The molecular weight excluding hydrogens is 234 g/mol. The molecule has 0 atom stereocenters. The molecule has 0 saturated heterocycles. The molecule has 0 amide bonds. The molecule has 0 N–H and O–H groups in total. The van der Waals surface area contributed by atoms with E-state index < -0.39 is 0 Å². The molecule has 0 unspecified atom stereocenters. The predicted molar refractivity (Wildman–Crippen MR) is 82.7 cm³/mol. The third kappa shape index (κ3) is 6.74. The molecule has 108 valence electrons. The van der Waals surface area contributed by atoms with Crippen LogP contribution in [0.5, 0.6) is 0 Å². The van der Waals surface area contributed by atoms with E-state index in [-0.39, 0.29) is 0 Å². The fourth-order valence-electron chi connectivity index (χ4n) is 2.03. The fraction of sp³-hybridized carbons (Fsp3) is 0.647. The number of aryl methyl sites for hydroxylation is 1. The van der Waals surface area contributed by atoms with Crippen molar-refractivity contribution < 1.29 is 4.74 Å². The zero-order valence-electron chi connectivity index (χ0n) is 13.0. The van der Waals surface area contributed by atoms with E-state index in [0.717, 1.165) is 39.0 Å². The van der Waals surface area contributed by atoms with Crippen molar-refractivity contribution in [2.45, 2.75) is 46.1 Å². The minimum Gasteiger partial charge on any atom is -0.382 e. The lowest BCUT2D eigenvalue weighted by Crippen LogP contribution is -2.28. The molecule has 0 spiro atoms. The highest BCUT2D eigenvalue weighted by molar-refractivity contribution is 5.23. The van der Waals surface area contributed by atoms with E-state index in [9.17, 15) is 0 Å². The van der Waals surface area contributed by atoms with Crippen LogP contribution in [-0.2, 0) is 17.6 Å². The van der Waals surface area contributed by atoms with Crippen LogP contribution in [0.1, 0.15) is 38.3 Å². The molecule has 19 heavy (non-hydrogen) atoms. The summed E-state index contributed by atoms with van der Waals surface area (Å²) in [5, 5.41) is 0. The number of ether oxygens (including phenoxy) is 1. The number of likely N-dealkylation sites (N-methyl/N-ethyl adjacent to an activating group) is 1. The van der Waals surface area contributed by atoms with Crippen LogP contribution in [0.2, 0.25) is 0 Å². The van der Waals surface area contributed by atoms with E-state index in [1.54, 1.807) is 0 Å². The van der Waals surface area contributed by atoms with Crippen molar-refractivity contribution in [3.05, 3.63) is 35.4 Å². The van der Waals surface area contributed by atoms with Gasteiger partial charge in [0.2, 0.25) is 0 Å². The van der Waals surface area contributed by atoms with Crippen molar-refractivity contribution in [2.24, 2.45) is 0 Å². The first-order chi connectivity index (χ1) is 9.13. The molecule has 0 aromatic heterocycles. The molecule has 0 saturated carbocycles. The molecule has 2 heteroatoms. The lowest BCUT2D eigenvalue weighted by Gasteiger charge is -2.20. The molecule has 1 aromatic carbocycles. The Balaban J connectivity index is 2.39. The third-order valence-electron chi connectivity index (χ3n) is 3.58. The summed E-state index contributed by atoms with van der Waals surface area (Å²) >= 11 is 0. The Morgan fingerprint density at radius 3 is 2.47 bits per heavy atom. The van der Waals surface area contributed by atoms with Gasteiger partial charge in [-0.05, 0) is 58.2 Å². The SMILES string of the molecule is CCOCCCc1cccc(CCN(C)C(C)C)c1. The average Bonchev–Trinajstić information content (AvgIpc) is 2.41. The lowest BCUT2D eigenvalue weighted by molar-refractivity contribution is 0.145. The predicted octanol–water partition coefficient (Wildman–Crippen LogP) is 3.54. The van der Waals surface area contributed by atoms with Crippen molar-refractivity contribution in [1.29, 1.82) is 0 Å². The first-order valence-electron chi connectivity index (χ1n) is 7.49. The van der Waals surface area contributed by atoms with Crippen molar-refractivity contribution in [2.75, 3.05) is 26.8 Å². The Morgan fingerprint density at radius 2 is 1.84 bits per heavy atom. The topological polar surface area (TPSA) is 12.5 Å². The second-order valence-corrected chi connectivity index (χ2v) is 5.44. The van der Waals surface area contributed by atoms with Crippen LogP contribution >= 0.6 is 0 Å². The molecule has 0 bridgehead atoms. The van der Waals surface area contributed by atoms with Gasteiger partial charge in [-0.3, -0.25) is 0 Å². The van der Waals surface area contributed by atoms with E-state index in [1.807, 2.05) is 6.92 Å². The quantitative estimate of drug-likeness (QED) is 0.632. The monoisotopic (exact) mass is 263 g/mol. The zero-order chi connectivity index (χ0) is 14.1. The van der Waals surface area contributed by atoms with Crippen LogP contribution in [0.25, 0.3) is 0 Å². The minimum atomic E-state index is 0.620. The Kier molecular flexibility index (Phi) is 7.76. The van der Waals surface area contributed by atoms with E-state index >= 15 is 0 Å². The molecule has 0 fully saturated rings. The van der Waals surface area contributed by atoms with Crippen LogP contribution in [0.4, 0.5) is 0 Å². The smallest absolute Gasteiger partial charge is 0.0469 e. The van der Waals surface area contributed by atoms with Gasteiger partial charge in [0.1, 0.15) is 0 Å². The van der Waals surface area contributed by atoms with Gasteiger partial charge in [0.15, 0.2) is 0 Å². The van der Waals surface area contributed by atoms with Crippen molar-refractivity contribution in [3.63, 3.8) is 0 Å². The Morgan fingerprint density at radius 1 is 1.16 bits per heavy atom. The second-order valence-electron chi connectivity index (χ2n) is 5.44. The second kappa shape index (κ2) is 9.11. The molecule has 0 aliphatic carbocycles. The first kappa shape index (κ1) is 16.2. The minimum absolute atomic E-state index is 0.620. The maximum absolute atomic E-state index is 5.38. The maximum Gasteiger partial charge on any atom is 0.0469 e. The van der Waals surface area contributed by atoms with Gasteiger partial charge in [-0.2, -0.15) is 0 Å². The van der Waals surface area contributed by atoms with Crippen molar-refractivity contribution in [1.82, 2.24) is 4.90 Å². The number of benzene rings is 1. The molecular formula is C17H29NO. The van der Waals surface area contributed by atoms with Gasteiger partial charge < -0.3 is 9.64 Å². The van der Waals surface area contributed by atoms with E-state index in [0.29, 0.717) is 6.04 Å². The average molecular weight is 263 g/mol. The van der Waals surface area contributed by atoms with Crippen molar-refractivity contribution in [3.8, 4) is 0 Å². The molecule has 0 aliphatic heterocycles. The molecule has 0 radical (unpaired) electrons. The summed E-state index contributed by atoms with van der Waals surface area (Å²) in [6, 6.07) is 9.61. The van der Waals surface area contributed by atoms with Gasteiger partial charge in [-0.1, -0.05) is 24.3 Å². The van der Waals surface area contributed by atoms with Gasteiger partial charge in [0.05, 0.1) is 0 Å². The van der Waals surface area contributed by atoms with Gasteiger partial charge in [-0.25, -0.2) is 0 Å². The molecule has 2 nitrogen and oxygen atoms in total. The summed E-state index contributed by atoms with van der Waals surface area (Å²) in [5.41, 5.74) is 2.88. The van der Waals surface area contributed by atoms with Crippen LogP contribution in [-0.4, -0.2) is 37.7 Å². The van der Waals surface area contributed by atoms with Gasteiger partial charge in [0.25, 0.3) is 0 Å². The number of hydrogen-bond acceptors (Lipinski definition) is 2. The normalized spacial score (nSPS) is 11.5. The van der Waals surface area contributed by atoms with E-state index in [4.69, 9.17) is 4.74 Å². The summed E-state index contributed by atoms with van der Waals surface area (Å²) in [6.45, 7) is 9.35. The highest BCUT2D eigenvalue weighted by atomic mass is 16.5. The first-order valence-corrected chi connectivity index (χ1v) is 7.49. The zero-order valence-corrected chi connectivity index (χ0v) is 13.0. The Hall–Kier alpha value is -0.860. The number of rotatable bonds is 9. The van der Waals surface area contributed by atoms with E-state index in [1.165, 1.54) is 11.1 Å². The van der Waals surface area contributed by atoms with Gasteiger partial charge >= 0.3 is 0 Å². The van der Waals surface area contributed by atoms with Crippen molar-refractivity contribution >= 4 is 0 Å². The number of hydrogen-bond donors (Lipinski definition) is 0. The van der Waals surface area contributed by atoms with Crippen LogP contribution in [0.15, 0.2) is 24.3 Å². The van der Waals surface area contributed by atoms with Gasteiger partial charge in [-0.15, -0.1) is 0 Å². The lowest BCUT2D eigenvalue weighted by atomic mass is 10.0. The summed E-state index contributed by atoms with van der Waals surface area (Å²) in [6.07, 6.45) is 3.37. The summed E-state index contributed by atoms with van der Waals surface area (Å²) in [7, 11) is 2.19. The van der Waals surface area contributed by atoms with Crippen LogP contribution in [0, 0.1) is 0 Å². The summed E-state index contributed by atoms with van der Waals surface area (Å²) < 4.78 is 5.38. The molecule has 1 rings (SSSR count). The summed E-state index contributed by atoms with van der Waals surface area (Å²) in [4.78, 5) is 2.39. The summed E-state index contributed by atoms with van der Waals surface area (Å²) in [5.74, 6) is 0. The Bertz CT molecular complexity index is 349. The molecule has 0 aliphatic rings. The molecule has 0 heterocycles. The molecule has 1 aromatic rings. The number of nitrogens with zero attached hydrogens (tertiary/aromatic N) is 1. The Labute approximate surface area is 118 Å². The third-order valence-corrected chi connectivity index (χ3v) is 3.58.